The molecule has 2 amide bonds. The van der Waals surface area contributed by atoms with Crippen molar-refractivity contribution in [2.75, 3.05) is 59.8 Å². The standard InChI is InChI=1S/C40H47Cl2F3N2O8/c1-26-18-35(41)37(36(42)19-26)55-17-16-53-31-9-5-29(6-10-31)33-11-12-46(39(49)50)24-34(33)38(48)47(30-7-8-30)23-28-20-27(4-3-13-51-2)21-32(22-28)54-15-14-52-25-40(43,44)45/h5-6,9-10,18-22,30,33-34H,3-4,7-8,11-17,23-25H2,1-2H3,(H,49,50)/t33-,34+/m1/s1. The molecule has 0 unspecified atom stereocenters. The van der Waals surface area contributed by atoms with Gasteiger partial charge in [0.25, 0.3) is 0 Å². The summed E-state index contributed by atoms with van der Waals surface area (Å²) in [6.07, 6.45) is -1.96. The minimum Gasteiger partial charge on any atom is -0.491 e. The van der Waals surface area contributed by atoms with Crippen molar-refractivity contribution in [2.24, 2.45) is 5.92 Å². The molecule has 0 aromatic heterocycles. The van der Waals surface area contributed by atoms with E-state index >= 15 is 0 Å². The third-order valence-corrected chi connectivity index (χ3v) is 10.0. The smallest absolute Gasteiger partial charge is 0.411 e. The maximum atomic E-state index is 14.6. The lowest BCUT2D eigenvalue weighted by Crippen LogP contribution is -2.49. The second-order valence-corrected chi connectivity index (χ2v) is 14.7. The van der Waals surface area contributed by atoms with Crippen molar-refractivity contribution in [1.29, 1.82) is 0 Å². The summed E-state index contributed by atoms with van der Waals surface area (Å²) in [5.74, 6) is 0.484. The quantitative estimate of drug-likeness (QED) is 0.120. The van der Waals surface area contributed by atoms with Gasteiger partial charge in [0.2, 0.25) is 5.91 Å². The van der Waals surface area contributed by atoms with E-state index in [9.17, 15) is 27.9 Å². The Morgan fingerprint density at radius 2 is 1.53 bits per heavy atom. The van der Waals surface area contributed by atoms with Crippen LogP contribution >= 0.6 is 23.2 Å². The molecule has 1 N–H and O–H groups in total. The molecule has 0 radical (unpaired) electrons. The molecular weight excluding hydrogens is 764 g/mol. The number of alkyl halides is 3. The molecule has 3 aromatic rings. The lowest BCUT2D eigenvalue weighted by molar-refractivity contribution is -0.175. The van der Waals surface area contributed by atoms with Gasteiger partial charge in [-0.3, -0.25) is 4.79 Å². The van der Waals surface area contributed by atoms with Crippen LogP contribution in [0.2, 0.25) is 10.0 Å². The number of rotatable bonds is 19. The molecule has 55 heavy (non-hydrogen) atoms. The van der Waals surface area contributed by atoms with Gasteiger partial charge < -0.3 is 38.6 Å². The Balaban J connectivity index is 1.27. The van der Waals surface area contributed by atoms with Crippen LogP contribution in [-0.4, -0.2) is 99.0 Å². The highest BCUT2D eigenvalue weighted by molar-refractivity contribution is 6.37. The number of benzene rings is 3. The molecule has 0 spiro atoms. The fourth-order valence-corrected chi connectivity index (χ4v) is 7.48. The summed E-state index contributed by atoms with van der Waals surface area (Å²) < 4.78 is 64.9. The van der Waals surface area contributed by atoms with Crippen LogP contribution in [0.15, 0.2) is 54.6 Å². The summed E-state index contributed by atoms with van der Waals surface area (Å²) in [5.41, 5.74) is 3.58. The largest absolute Gasteiger partial charge is 0.491 e. The molecule has 1 saturated heterocycles. The van der Waals surface area contributed by atoms with Gasteiger partial charge in [-0.25, -0.2) is 4.79 Å². The molecule has 300 valence electrons. The summed E-state index contributed by atoms with van der Waals surface area (Å²) in [4.78, 5) is 29.8. The predicted molar refractivity (Wildman–Crippen MR) is 202 cm³/mol. The Hall–Kier alpha value is -3.91. The van der Waals surface area contributed by atoms with Crippen molar-refractivity contribution in [3.63, 3.8) is 0 Å². The molecule has 2 aliphatic rings. The molecule has 15 heteroatoms. The summed E-state index contributed by atoms with van der Waals surface area (Å²) >= 11 is 12.6. The van der Waals surface area contributed by atoms with Gasteiger partial charge >= 0.3 is 12.3 Å². The Kier molecular flexibility index (Phi) is 15.2. The normalized spacial score (nSPS) is 17.2. The molecule has 1 aliphatic carbocycles. The van der Waals surface area contributed by atoms with Crippen molar-refractivity contribution in [1.82, 2.24) is 9.80 Å². The van der Waals surface area contributed by atoms with Gasteiger partial charge in [0.1, 0.15) is 37.9 Å². The number of ether oxygens (including phenoxy) is 5. The average Bonchev–Trinajstić information content (AvgIpc) is 3.98. The Labute approximate surface area is 329 Å². The van der Waals surface area contributed by atoms with E-state index in [1.54, 1.807) is 25.3 Å². The first kappa shape index (κ1) is 42.2. The number of halogens is 5. The summed E-state index contributed by atoms with van der Waals surface area (Å²) in [6, 6.07) is 16.7. The highest BCUT2D eigenvalue weighted by atomic mass is 35.5. The van der Waals surface area contributed by atoms with Crippen molar-refractivity contribution >= 4 is 35.2 Å². The van der Waals surface area contributed by atoms with E-state index < -0.39 is 24.8 Å². The van der Waals surface area contributed by atoms with Crippen LogP contribution in [0, 0.1) is 12.8 Å². The third-order valence-electron chi connectivity index (χ3n) is 9.48. The topological polar surface area (TPSA) is 107 Å². The Morgan fingerprint density at radius 3 is 2.18 bits per heavy atom. The zero-order chi connectivity index (χ0) is 39.5. The number of piperidine rings is 1. The first-order valence-corrected chi connectivity index (χ1v) is 19.1. The molecule has 1 heterocycles. The molecule has 10 nitrogen and oxygen atoms in total. The van der Waals surface area contributed by atoms with Gasteiger partial charge in [0, 0.05) is 39.4 Å². The molecule has 0 bridgehead atoms. The van der Waals surface area contributed by atoms with Crippen molar-refractivity contribution in [3.8, 4) is 17.2 Å². The lowest BCUT2D eigenvalue weighted by Gasteiger charge is -2.39. The van der Waals surface area contributed by atoms with Crippen molar-refractivity contribution < 1.29 is 51.6 Å². The van der Waals surface area contributed by atoms with Crippen LogP contribution in [0.25, 0.3) is 0 Å². The van der Waals surface area contributed by atoms with Gasteiger partial charge in [-0.15, -0.1) is 0 Å². The predicted octanol–water partition coefficient (Wildman–Crippen LogP) is 8.57. The number of aryl methyl sites for hydroxylation is 2. The monoisotopic (exact) mass is 810 g/mol. The summed E-state index contributed by atoms with van der Waals surface area (Å²) in [5, 5.41) is 10.8. The van der Waals surface area contributed by atoms with E-state index in [1.165, 1.54) is 4.90 Å². The fraction of sp³-hybridized carbons (Fsp3) is 0.500. The van der Waals surface area contributed by atoms with E-state index in [-0.39, 0.29) is 57.4 Å². The first-order chi connectivity index (χ1) is 26.3. The summed E-state index contributed by atoms with van der Waals surface area (Å²) in [7, 11) is 1.62. The average molecular weight is 812 g/mol. The van der Waals surface area contributed by atoms with Crippen LogP contribution < -0.4 is 14.2 Å². The maximum Gasteiger partial charge on any atom is 0.411 e. The van der Waals surface area contributed by atoms with Gasteiger partial charge in [-0.2, -0.15) is 13.2 Å². The van der Waals surface area contributed by atoms with Gasteiger partial charge in [0.05, 0.1) is 22.6 Å². The molecule has 1 aliphatic heterocycles. The van der Waals surface area contributed by atoms with Crippen LogP contribution in [-0.2, 0) is 27.2 Å². The van der Waals surface area contributed by atoms with Crippen LogP contribution in [0.3, 0.4) is 0 Å². The van der Waals surface area contributed by atoms with Crippen LogP contribution in [0.5, 0.6) is 17.2 Å². The van der Waals surface area contributed by atoms with E-state index in [0.29, 0.717) is 53.3 Å². The zero-order valence-electron chi connectivity index (χ0n) is 30.9. The molecule has 1 saturated carbocycles. The number of carbonyl (C=O) groups excluding carboxylic acids is 1. The van der Waals surface area contributed by atoms with E-state index in [4.69, 9.17) is 46.9 Å². The number of likely N-dealkylation sites (tertiary alicyclic amines) is 1. The molecule has 5 rings (SSSR count). The number of methoxy groups -OCH3 is 1. The minimum absolute atomic E-state index is 0.00769. The highest BCUT2D eigenvalue weighted by Gasteiger charge is 2.42. The van der Waals surface area contributed by atoms with Gasteiger partial charge in [-0.05, 0) is 104 Å². The van der Waals surface area contributed by atoms with Crippen LogP contribution in [0.4, 0.5) is 18.0 Å². The van der Waals surface area contributed by atoms with Gasteiger partial charge in [-0.1, -0.05) is 41.4 Å². The Bertz CT molecular complexity index is 1720. The first-order valence-electron chi connectivity index (χ1n) is 18.3. The molecule has 2 fully saturated rings. The van der Waals surface area contributed by atoms with E-state index in [1.807, 2.05) is 48.2 Å². The van der Waals surface area contributed by atoms with Crippen molar-refractivity contribution in [2.45, 2.75) is 63.7 Å². The minimum atomic E-state index is -4.42. The number of amides is 2. The van der Waals surface area contributed by atoms with Crippen molar-refractivity contribution in [3.05, 3.63) is 86.9 Å². The zero-order valence-corrected chi connectivity index (χ0v) is 32.4. The third kappa shape index (κ3) is 12.8. The number of carboxylic acid groups (broad SMARTS) is 1. The summed E-state index contributed by atoms with van der Waals surface area (Å²) in [6.45, 7) is 1.84. The second kappa shape index (κ2) is 19.8. The van der Waals surface area contributed by atoms with Gasteiger partial charge in [0.15, 0.2) is 5.75 Å². The van der Waals surface area contributed by atoms with Crippen LogP contribution in [0.1, 0.15) is 53.9 Å². The molecule has 2 atom stereocenters. The number of hydrogen-bond acceptors (Lipinski definition) is 7. The maximum absolute atomic E-state index is 14.6. The van der Waals surface area contributed by atoms with E-state index in [2.05, 4.69) is 0 Å². The fourth-order valence-electron chi connectivity index (χ4n) is 6.77. The SMILES string of the molecule is COCCCc1cc(CN(C(=O)[C@H]2CN(C(=O)O)CC[C@@H]2c2ccc(OCCOc3c(Cl)cc(C)cc3Cl)cc2)C2CC2)cc(OCCOCC(F)(F)F)c1. The molecular formula is C40H47Cl2F3N2O8. The number of nitrogens with zero attached hydrogens (tertiary/aromatic N) is 2. The van der Waals surface area contributed by atoms with E-state index in [0.717, 1.165) is 41.5 Å². The lowest BCUT2D eigenvalue weighted by atomic mass is 9.79. The number of carbonyl (C=O) groups is 2. The molecule has 3 aromatic carbocycles. The highest BCUT2D eigenvalue weighted by Crippen LogP contribution is 2.39. The Morgan fingerprint density at radius 1 is 0.873 bits per heavy atom. The second-order valence-electron chi connectivity index (χ2n) is 13.8. The number of hydrogen-bond donors (Lipinski definition) is 1.